The van der Waals surface area contributed by atoms with E-state index < -0.39 is 0 Å². The second-order valence-electron chi connectivity index (χ2n) is 4.29. The van der Waals surface area contributed by atoms with Crippen LogP contribution in [0.1, 0.15) is 16.6 Å². The standard InChI is InChI=1S/C13H14N2O2S/c1-9(16)12-11(15-5-7-17-8-6-15)10-3-2-4-14-13(10)18-12/h2-4H,5-8H2,1H3. The first kappa shape index (κ1) is 11.6. The molecule has 18 heavy (non-hydrogen) atoms. The molecule has 0 unspecified atom stereocenters. The van der Waals surface area contributed by atoms with Crippen molar-refractivity contribution in [3.63, 3.8) is 0 Å². The highest BCUT2D eigenvalue weighted by molar-refractivity contribution is 7.21. The van der Waals surface area contributed by atoms with E-state index in [0.29, 0.717) is 0 Å². The van der Waals surface area contributed by atoms with Gasteiger partial charge in [0.05, 0.1) is 23.8 Å². The summed E-state index contributed by atoms with van der Waals surface area (Å²) in [4.78, 5) is 20.1. The molecule has 5 heteroatoms. The van der Waals surface area contributed by atoms with E-state index in [4.69, 9.17) is 4.74 Å². The van der Waals surface area contributed by atoms with Crippen LogP contribution >= 0.6 is 11.3 Å². The summed E-state index contributed by atoms with van der Waals surface area (Å²) < 4.78 is 5.37. The second kappa shape index (κ2) is 4.66. The number of fused-ring (bicyclic) bond motifs is 1. The van der Waals surface area contributed by atoms with Crippen LogP contribution in [-0.4, -0.2) is 37.1 Å². The van der Waals surface area contributed by atoms with Crippen LogP contribution in [0.3, 0.4) is 0 Å². The summed E-state index contributed by atoms with van der Waals surface area (Å²) in [6, 6.07) is 3.96. The second-order valence-corrected chi connectivity index (χ2v) is 5.29. The number of hydrogen-bond acceptors (Lipinski definition) is 5. The van der Waals surface area contributed by atoms with Gasteiger partial charge in [0.15, 0.2) is 5.78 Å². The number of Topliss-reactive ketones (excluding diaryl/α,β-unsaturated/α-hetero) is 1. The number of ketones is 1. The highest BCUT2D eigenvalue weighted by Gasteiger charge is 2.22. The summed E-state index contributed by atoms with van der Waals surface area (Å²) in [7, 11) is 0. The third-order valence-corrected chi connectivity index (χ3v) is 4.29. The first-order chi connectivity index (χ1) is 8.77. The Morgan fingerprint density at radius 3 is 2.94 bits per heavy atom. The molecule has 94 valence electrons. The number of hydrogen-bond donors (Lipinski definition) is 0. The summed E-state index contributed by atoms with van der Waals surface area (Å²) in [5.41, 5.74) is 1.04. The quantitative estimate of drug-likeness (QED) is 0.779. The van der Waals surface area contributed by atoms with Gasteiger partial charge < -0.3 is 9.64 Å². The Kier molecular flexibility index (Phi) is 3.01. The lowest BCUT2D eigenvalue weighted by Gasteiger charge is -2.29. The number of thiophene rings is 1. The minimum Gasteiger partial charge on any atom is -0.378 e. The number of morpholine rings is 1. The Bertz CT molecular complexity index is 588. The van der Waals surface area contributed by atoms with Crippen molar-refractivity contribution in [1.82, 2.24) is 4.98 Å². The van der Waals surface area contributed by atoms with Crippen LogP contribution in [0.2, 0.25) is 0 Å². The fourth-order valence-corrected chi connectivity index (χ4v) is 3.32. The number of aromatic nitrogens is 1. The highest BCUT2D eigenvalue weighted by atomic mass is 32.1. The molecule has 0 radical (unpaired) electrons. The molecule has 0 aliphatic carbocycles. The van der Waals surface area contributed by atoms with E-state index in [1.165, 1.54) is 11.3 Å². The Morgan fingerprint density at radius 1 is 1.44 bits per heavy atom. The molecule has 0 aromatic carbocycles. The summed E-state index contributed by atoms with van der Waals surface area (Å²) in [5.74, 6) is 0.111. The normalized spacial score (nSPS) is 16.2. The molecule has 0 amide bonds. The number of carbonyl (C=O) groups is 1. The van der Waals surface area contributed by atoms with Crippen molar-refractivity contribution in [2.45, 2.75) is 6.92 Å². The number of nitrogens with zero attached hydrogens (tertiary/aromatic N) is 2. The molecule has 3 heterocycles. The molecule has 0 N–H and O–H groups in total. The number of anilines is 1. The average molecular weight is 262 g/mol. The van der Waals surface area contributed by atoms with Gasteiger partial charge in [0.2, 0.25) is 0 Å². The van der Waals surface area contributed by atoms with Crippen molar-refractivity contribution < 1.29 is 9.53 Å². The zero-order chi connectivity index (χ0) is 12.5. The first-order valence-electron chi connectivity index (χ1n) is 5.98. The van der Waals surface area contributed by atoms with Crippen LogP contribution < -0.4 is 4.90 Å². The first-order valence-corrected chi connectivity index (χ1v) is 6.80. The van der Waals surface area contributed by atoms with Crippen LogP contribution in [0.4, 0.5) is 5.69 Å². The molecule has 0 saturated carbocycles. The SMILES string of the molecule is CC(=O)c1sc2ncccc2c1N1CCOCC1. The van der Waals surface area contributed by atoms with Gasteiger partial charge in [0.25, 0.3) is 0 Å². The summed E-state index contributed by atoms with van der Waals surface area (Å²) in [5, 5.41) is 1.08. The smallest absolute Gasteiger partial charge is 0.171 e. The number of rotatable bonds is 2. The van der Waals surface area contributed by atoms with Crippen molar-refractivity contribution in [1.29, 1.82) is 0 Å². The number of ether oxygens (including phenoxy) is 1. The monoisotopic (exact) mass is 262 g/mol. The summed E-state index contributed by atoms with van der Waals surface area (Å²) in [6.45, 7) is 4.72. The Labute approximate surface area is 109 Å². The van der Waals surface area contributed by atoms with Gasteiger partial charge >= 0.3 is 0 Å². The van der Waals surface area contributed by atoms with Crippen molar-refractivity contribution >= 4 is 33.0 Å². The van der Waals surface area contributed by atoms with Gasteiger partial charge in [-0.15, -0.1) is 11.3 Å². The molecular weight excluding hydrogens is 248 g/mol. The van der Waals surface area contributed by atoms with Crippen LogP contribution in [0, 0.1) is 0 Å². The van der Waals surface area contributed by atoms with Gasteiger partial charge in [-0.1, -0.05) is 0 Å². The van der Waals surface area contributed by atoms with E-state index >= 15 is 0 Å². The molecule has 1 saturated heterocycles. The minimum absolute atomic E-state index is 0.111. The largest absolute Gasteiger partial charge is 0.378 e. The molecular formula is C13H14N2O2S. The fourth-order valence-electron chi connectivity index (χ4n) is 2.26. The average Bonchev–Trinajstić information content (AvgIpc) is 2.79. The number of carbonyl (C=O) groups excluding carboxylic acids is 1. The van der Waals surface area contributed by atoms with E-state index in [2.05, 4.69) is 9.88 Å². The molecule has 4 nitrogen and oxygen atoms in total. The number of pyridine rings is 1. The third-order valence-electron chi connectivity index (χ3n) is 3.09. The molecule has 0 atom stereocenters. The van der Waals surface area contributed by atoms with Crippen molar-refractivity contribution in [3.05, 3.63) is 23.2 Å². The lowest BCUT2D eigenvalue weighted by molar-refractivity contribution is 0.101. The van der Waals surface area contributed by atoms with Gasteiger partial charge in [-0.2, -0.15) is 0 Å². The Balaban J connectivity index is 2.17. The van der Waals surface area contributed by atoms with Gasteiger partial charge in [0, 0.05) is 31.6 Å². The molecule has 1 fully saturated rings. The predicted molar refractivity (Wildman–Crippen MR) is 72.7 cm³/mol. The minimum atomic E-state index is 0.111. The Hall–Kier alpha value is -1.46. The lowest BCUT2D eigenvalue weighted by Crippen LogP contribution is -2.36. The molecule has 2 aromatic heterocycles. The molecule has 0 bridgehead atoms. The molecule has 1 aliphatic rings. The van der Waals surface area contributed by atoms with Gasteiger partial charge in [0.1, 0.15) is 4.83 Å². The van der Waals surface area contributed by atoms with E-state index in [1.54, 1.807) is 13.1 Å². The van der Waals surface area contributed by atoms with Crippen LogP contribution in [0.15, 0.2) is 18.3 Å². The Morgan fingerprint density at radius 2 is 2.22 bits per heavy atom. The highest BCUT2D eigenvalue weighted by Crippen LogP contribution is 2.37. The third kappa shape index (κ3) is 1.89. The van der Waals surface area contributed by atoms with Crippen LogP contribution in [0.25, 0.3) is 10.2 Å². The van der Waals surface area contributed by atoms with Crippen LogP contribution in [0.5, 0.6) is 0 Å². The van der Waals surface area contributed by atoms with Crippen molar-refractivity contribution in [2.24, 2.45) is 0 Å². The van der Waals surface area contributed by atoms with E-state index in [9.17, 15) is 4.79 Å². The van der Waals surface area contributed by atoms with Gasteiger partial charge in [-0.05, 0) is 12.1 Å². The molecule has 2 aromatic rings. The van der Waals surface area contributed by atoms with Crippen molar-refractivity contribution in [2.75, 3.05) is 31.2 Å². The van der Waals surface area contributed by atoms with Crippen molar-refractivity contribution in [3.8, 4) is 0 Å². The maximum atomic E-state index is 11.8. The summed E-state index contributed by atoms with van der Waals surface area (Å²) in [6.07, 6.45) is 1.77. The molecule has 1 aliphatic heterocycles. The maximum Gasteiger partial charge on any atom is 0.171 e. The zero-order valence-corrected chi connectivity index (χ0v) is 11.0. The van der Waals surface area contributed by atoms with Gasteiger partial charge in [-0.25, -0.2) is 4.98 Å². The van der Waals surface area contributed by atoms with E-state index in [0.717, 1.165) is 47.1 Å². The van der Waals surface area contributed by atoms with E-state index in [1.807, 2.05) is 12.1 Å². The van der Waals surface area contributed by atoms with Crippen LogP contribution in [-0.2, 0) is 4.74 Å². The zero-order valence-electron chi connectivity index (χ0n) is 10.2. The molecule has 3 rings (SSSR count). The molecule has 0 spiro atoms. The topological polar surface area (TPSA) is 42.4 Å². The lowest BCUT2D eigenvalue weighted by atomic mass is 10.2. The maximum absolute atomic E-state index is 11.8. The van der Waals surface area contributed by atoms with Gasteiger partial charge in [-0.3, -0.25) is 4.79 Å². The fraction of sp³-hybridized carbons (Fsp3) is 0.385. The predicted octanol–water partition coefficient (Wildman–Crippen LogP) is 2.34. The van der Waals surface area contributed by atoms with E-state index in [-0.39, 0.29) is 5.78 Å². The summed E-state index contributed by atoms with van der Waals surface area (Å²) >= 11 is 1.48.